The number of nitrogens with one attached hydrogen (secondary N) is 1. The number of hydrogen-bond acceptors (Lipinski definition) is 6. The van der Waals surface area contributed by atoms with Crippen LogP contribution < -0.4 is 5.32 Å². The Hall–Kier alpha value is -3.52. The van der Waals surface area contributed by atoms with Gasteiger partial charge in [0, 0.05) is 62.1 Å². The average molecular weight is 476 g/mol. The smallest absolute Gasteiger partial charge is 0.253 e. The lowest BCUT2D eigenvalue weighted by molar-refractivity contribution is -0.127. The zero-order chi connectivity index (χ0) is 24.9. The van der Waals surface area contributed by atoms with E-state index in [2.05, 4.69) is 23.8 Å². The largest absolute Gasteiger partial charge is 0.340 e. The molecule has 35 heavy (non-hydrogen) atoms. The molecule has 0 radical (unpaired) electrons. The predicted octanol–water partition coefficient (Wildman–Crippen LogP) is 3.31. The highest BCUT2D eigenvalue weighted by molar-refractivity contribution is 5.99. The second-order valence-corrected chi connectivity index (χ2v) is 9.29. The van der Waals surface area contributed by atoms with Crippen LogP contribution in [0.5, 0.6) is 0 Å². The fraction of sp³-hybridized carbons (Fsp3) is 0.407. The summed E-state index contributed by atoms with van der Waals surface area (Å²) in [4.78, 5) is 47.7. The molecular weight excluding hydrogens is 442 g/mol. The maximum absolute atomic E-state index is 12.8. The Kier molecular flexibility index (Phi) is 7.60. The third kappa shape index (κ3) is 5.77. The molecular formula is C27H33N5O3. The molecule has 3 heterocycles. The number of benzene rings is 1. The standard InChI is InChI=1S/C27H33N5O3/c1-4-25(34)31-13-11-20(12-14-31)24-10-9-23(19(2)33)26(29-24)28-22-7-5-21(6-8-22)27(35)32-17-15-30(3)16-18-32/h4-10,20H,1,11-18H2,2-3H3,(H,28,29). The van der Waals surface area contributed by atoms with Crippen molar-refractivity contribution in [3.63, 3.8) is 0 Å². The summed E-state index contributed by atoms with van der Waals surface area (Å²) in [6, 6.07) is 11.1. The fourth-order valence-corrected chi connectivity index (χ4v) is 4.63. The molecule has 2 aliphatic heterocycles. The molecule has 2 aliphatic rings. The number of aromatic nitrogens is 1. The molecule has 8 nitrogen and oxygen atoms in total. The van der Waals surface area contributed by atoms with Crippen LogP contribution >= 0.6 is 0 Å². The number of likely N-dealkylation sites (tertiary alicyclic amines) is 1. The van der Waals surface area contributed by atoms with Crippen molar-refractivity contribution in [2.75, 3.05) is 51.6 Å². The van der Waals surface area contributed by atoms with Gasteiger partial charge in [0.15, 0.2) is 5.78 Å². The molecule has 0 bridgehead atoms. The summed E-state index contributed by atoms with van der Waals surface area (Å²) in [5.41, 5.74) is 2.84. The highest BCUT2D eigenvalue weighted by Gasteiger charge is 2.25. The van der Waals surface area contributed by atoms with E-state index in [1.54, 1.807) is 4.90 Å². The molecule has 0 spiro atoms. The number of pyridine rings is 1. The Bertz CT molecular complexity index is 1100. The van der Waals surface area contributed by atoms with Gasteiger partial charge in [-0.3, -0.25) is 14.4 Å². The van der Waals surface area contributed by atoms with Gasteiger partial charge in [0.05, 0.1) is 5.56 Å². The van der Waals surface area contributed by atoms with Crippen LogP contribution in [0.15, 0.2) is 49.1 Å². The van der Waals surface area contributed by atoms with Gasteiger partial charge < -0.3 is 20.0 Å². The molecule has 8 heteroatoms. The Labute approximate surface area is 206 Å². The number of Topliss-reactive ketones (excluding diaryl/α,β-unsaturated/α-hetero) is 1. The predicted molar refractivity (Wildman–Crippen MR) is 136 cm³/mol. The SMILES string of the molecule is C=CC(=O)N1CCC(c2ccc(C(C)=O)c(Nc3ccc(C(=O)N4CCN(C)CC4)cc3)n2)CC1. The first-order valence-corrected chi connectivity index (χ1v) is 12.1. The maximum Gasteiger partial charge on any atom is 0.253 e. The highest BCUT2D eigenvalue weighted by atomic mass is 16.2. The van der Waals surface area contributed by atoms with Crippen molar-refractivity contribution in [3.05, 3.63) is 65.9 Å². The number of ketones is 1. The molecule has 2 amide bonds. The lowest BCUT2D eigenvalue weighted by atomic mass is 9.92. The van der Waals surface area contributed by atoms with Crippen molar-refractivity contribution in [3.8, 4) is 0 Å². The second kappa shape index (κ2) is 10.8. The monoisotopic (exact) mass is 475 g/mol. The van der Waals surface area contributed by atoms with Gasteiger partial charge in [-0.15, -0.1) is 0 Å². The van der Waals surface area contributed by atoms with Crippen LogP contribution in [-0.2, 0) is 4.79 Å². The molecule has 4 rings (SSSR count). The van der Waals surface area contributed by atoms with Crippen molar-refractivity contribution in [1.29, 1.82) is 0 Å². The van der Waals surface area contributed by atoms with E-state index in [-0.39, 0.29) is 23.5 Å². The molecule has 0 aliphatic carbocycles. The number of nitrogens with zero attached hydrogens (tertiary/aromatic N) is 4. The average Bonchev–Trinajstić information content (AvgIpc) is 2.88. The minimum absolute atomic E-state index is 0.0375. The minimum atomic E-state index is -0.0696. The summed E-state index contributed by atoms with van der Waals surface area (Å²) in [6.07, 6.45) is 2.98. The molecule has 1 N–H and O–H groups in total. The molecule has 0 saturated carbocycles. The van der Waals surface area contributed by atoms with Crippen molar-refractivity contribution in [1.82, 2.24) is 19.7 Å². The summed E-state index contributed by atoms with van der Waals surface area (Å²) in [5, 5.41) is 3.28. The van der Waals surface area contributed by atoms with Gasteiger partial charge in [-0.1, -0.05) is 6.58 Å². The number of hydrogen-bond donors (Lipinski definition) is 1. The number of likely N-dealkylation sites (N-methyl/N-ethyl adjacent to an activating group) is 1. The lowest BCUT2D eigenvalue weighted by Gasteiger charge is -2.32. The number of anilines is 2. The van der Waals surface area contributed by atoms with E-state index >= 15 is 0 Å². The minimum Gasteiger partial charge on any atom is -0.340 e. The van der Waals surface area contributed by atoms with E-state index in [0.29, 0.717) is 30.0 Å². The third-order valence-corrected chi connectivity index (χ3v) is 6.88. The quantitative estimate of drug-likeness (QED) is 0.510. The van der Waals surface area contributed by atoms with Crippen LogP contribution in [0, 0.1) is 0 Å². The van der Waals surface area contributed by atoms with E-state index in [1.807, 2.05) is 41.3 Å². The molecule has 2 aromatic rings. The van der Waals surface area contributed by atoms with Gasteiger partial charge in [0.2, 0.25) is 5.91 Å². The van der Waals surface area contributed by atoms with Crippen LogP contribution in [0.25, 0.3) is 0 Å². The normalized spacial score (nSPS) is 17.2. The number of carbonyl (C=O) groups excluding carboxylic acids is 3. The van der Waals surface area contributed by atoms with E-state index in [9.17, 15) is 14.4 Å². The van der Waals surface area contributed by atoms with Gasteiger partial charge in [0.1, 0.15) is 5.82 Å². The van der Waals surface area contributed by atoms with Gasteiger partial charge in [0.25, 0.3) is 5.91 Å². The van der Waals surface area contributed by atoms with Crippen LogP contribution in [0.4, 0.5) is 11.5 Å². The van der Waals surface area contributed by atoms with Crippen LogP contribution in [-0.4, -0.2) is 83.6 Å². The summed E-state index contributed by atoms with van der Waals surface area (Å²) in [7, 11) is 2.06. The first-order valence-electron chi connectivity index (χ1n) is 12.1. The van der Waals surface area contributed by atoms with Gasteiger partial charge in [-0.05, 0) is 69.3 Å². The van der Waals surface area contributed by atoms with Crippen molar-refractivity contribution in [2.24, 2.45) is 0 Å². The van der Waals surface area contributed by atoms with Crippen LogP contribution in [0.3, 0.4) is 0 Å². The van der Waals surface area contributed by atoms with E-state index < -0.39 is 0 Å². The number of amides is 2. The number of piperazine rings is 1. The van der Waals surface area contributed by atoms with Crippen LogP contribution in [0.1, 0.15) is 52.1 Å². The second-order valence-electron chi connectivity index (χ2n) is 9.29. The van der Waals surface area contributed by atoms with E-state index in [4.69, 9.17) is 4.98 Å². The third-order valence-electron chi connectivity index (χ3n) is 6.88. The lowest BCUT2D eigenvalue weighted by Crippen LogP contribution is -2.47. The molecule has 1 aromatic carbocycles. The summed E-state index contributed by atoms with van der Waals surface area (Å²) in [6.45, 7) is 9.64. The maximum atomic E-state index is 12.8. The first-order chi connectivity index (χ1) is 16.9. The molecule has 0 atom stereocenters. The number of rotatable bonds is 6. The van der Waals surface area contributed by atoms with E-state index in [0.717, 1.165) is 50.4 Å². The summed E-state index contributed by atoms with van der Waals surface area (Å²) >= 11 is 0. The zero-order valence-corrected chi connectivity index (χ0v) is 20.5. The van der Waals surface area contributed by atoms with Crippen LogP contribution in [0.2, 0.25) is 0 Å². The van der Waals surface area contributed by atoms with Crippen molar-refractivity contribution < 1.29 is 14.4 Å². The summed E-state index contributed by atoms with van der Waals surface area (Å²) in [5.74, 6) is 0.655. The topological polar surface area (TPSA) is 85.8 Å². The van der Waals surface area contributed by atoms with Gasteiger partial charge >= 0.3 is 0 Å². The Morgan fingerprint density at radius 1 is 0.943 bits per heavy atom. The Morgan fingerprint density at radius 2 is 1.60 bits per heavy atom. The van der Waals surface area contributed by atoms with E-state index in [1.165, 1.54) is 13.0 Å². The van der Waals surface area contributed by atoms with Crippen molar-refractivity contribution >= 4 is 29.1 Å². The zero-order valence-electron chi connectivity index (χ0n) is 20.5. The van der Waals surface area contributed by atoms with Crippen molar-refractivity contribution in [2.45, 2.75) is 25.7 Å². The Morgan fingerprint density at radius 3 is 2.20 bits per heavy atom. The van der Waals surface area contributed by atoms with Gasteiger partial charge in [-0.2, -0.15) is 0 Å². The number of carbonyl (C=O) groups is 3. The highest BCUT2D eigenvalue weighted by Crippen LogP contribution is 2.30. The molecule has 184 valence electrons. The molecule has 2 fully saturated rings. The number of piperidine rings is 1. The Balaban J connectivity index is 1.47. The molecule has 2 saturated heterocycles. The summed E-state index contributed by atoms with van der Waals surface area (Å²) < 4.78 is 0. The van der Waals surface area contributed by atoms with Gasteiger partial charge in [-0.25, -0.2) is 4.98 Å². The first kappa shape index (κ1) is 24.6. The fourth-order valence-electron chi connectivity index (χ4n) is 4.63. The molecule has 1 aromatic heterocycles. The molecule has 0 unspecified atom stereocenters.